The number of sulfonamides is 1. The van der Waals surface area contributed by atoms with Crippen LogP contribution >= 0.6 is 0 Å². The largest absolute Gasteiger partial charge is 0.366 e. The average Bonchev–Trinajstić information content (AvgIpc) is 3.51. The van der Waals surface area contributed by atoms with Crippen LogP contribution in [0.2, 0.25) is 0 Å². The van der Waals surface area contributed by atoms with Crippen molar-refractivity contribution in [2.45, 2.75) is 23.7 Å². The summed E-state index contributed by atoms with van der Waals surface area (Å²) in [6.07, 6.45) is 1.86. The number of imidazole rings is 1. The van der Waals surface area contributed by atoms with E-state index >= 15 is 0 Å². The molecule has 9 heteroatoms. The first-order valence-electron chi connectivity index (χ1n) is 11.6. The molecule has 1 saturated heterocycles. The quantitative estimate of drug-likeness (QED) is 0.350. The van der Waals surface area contributed by atoms with E-state index in [4.69, 9.17) is 10.7 Å². The lowest BCUT2D eigenvalue weighted by Crippen LogP contribution is -2.23. The van der Waals surface area contributed by atoms with E-state index in [9.17, 15) is 13.2 Å². The predicted octanol–water partition coefficient (Wildman–Crippen LogP) is 3.49. The van der Waals surface area contributed by atoms with Crippen LogP contribution in [0.5, 0.6) is 0 Å². The lowest BCUT2D eigenvalue weighted by atomic mass is 10.1. The number of hydrogen-bond acceptors (Lipinski definition) is 5. The molecule has 0 spiro atoms. The lowest BCUT2D eigenvalue weighted by Gasteiger charge is -2.15. The van der Waals surface area contributed by atoms with Crippen LogP contribution in [0, 0.1) is 0 Å². The number of rotatable bonds is 8. The van der Waals surface area contributed by atoms with Gasteiger partial charge >= 0.3 is 0 Å². The van der Waals surface area contributed by atoms with Gasteiger partial charge in [0, 0.05) is 24.7 Å². The van der Waals surface area contributed by atoms with E-state index in [2.05, 4.69) is 14.6 Å². The molecule has 1 amide bonds. The first-order chi connectivity index (χ1) is 16.9. The maximum absolute atomic E-state index is 12.5. The van der Waals surface area contributed by atoms with Crippen LogP contribution in [-0.4, -0.2) is 48.8 Å². The Kier molecular flexibility index (Phi) is 6.27. The molecule has 0 saturated carbocycles. The highest BCUT2D eigenvalue weighted by Crippen LogP contribution is 2.28. The zero-order chi connectivity index (χ0) is 24.4. The summed E-state index contributed by atoms with van der Waals surface area (Å²) in [5.74, 6) is 0.699. The highest BCUT2D eigenvalue weighted by atomic mass is 32.2. The van der Waals surface area contributed by atoms with Gasteiger partial charge in [-0.3, -0.25) is 9.52 Å². The number of nitrogens with zero attached hydrogens (tertiary/aromatic N) is 2. The zero-order valence-corrected chi connectivity index (χ0v) is 20.0. The number of carbonyl (C=O) groups is 1. The number of hydrogen-bond donors (Lipinski definition) is 3. The Labute approximate surface area is 204 Å². The number of anilines is 1. The Hall–Kier alpha value is -3.69. The Morgan fingerprint density at radius 3 is 2.57 bits per heavy atom. The maximum atomic E-state index is 12.5. The Morgan fingerprint density at radius 1 is 1.06 bits per heavy atom. The number of amides is 1. The van der Waals surface area contributed by atoms with Gasteiger partial charge in [-0.1, -0.05) is 36.4 Å². The fourth-order valence-electron chi connectivity index (χ4n) is 4.54. The fraction of sp³-hybridized carbons (Fsp3) is 0.231. The fourth-order valence-corrected chi connectivity index (χ4v) is 5.62. The zero-order valence-electron chi connectivity index (χ0n) is 19.1. The van der Waals surface area contributed by atoms with Gasteiger partial charge in [-0.2, -0.15) is 0 Å². The Balaban J connectivity index is 1.17. The van der Waals surface area contributed by atoms with Crippen molar-refractivity contribution in [3.63, 3.8) is 0 Å². The molecule has 0 aliphatic carbocycles. The smallest absolute Gasteiger partial charge is 0.261 e. The third kappa shape index (κ3) is 5.06. The van der Waals surface area contributed by atoms with Crippen molar-refractivity contribution in [3.05, 3.63) is 89.7 Å². The Bertz CT molecular complexity index is 1450. The number of benzene rings is 3. The highest BCUT2D eigenvalue weighted by molar-refractivity contribution is 7.92. The molecule has 4 aromatic rings. The van der Waals surface area contributed by atoms with Gasteiger partial charge in [0.25, 0.3) is 15.9 Å². The predicted molar refractivity (Wildman–Crippen MR) is 136 cm³/mol. The van der Waals surface area contributed by atoms with E-state index in [0.29, 0.717) is 16.8 Å². The highest BCUT2D eigenvalue weighted by Gasteiger charge is 2.26. The van der Waals surface area contributed by atoms with Crippen molar-refractivity contribution in [1.82, 2.24) is 14.9 Å². The van der Waals surface area contributed by atoms with Gasteiger partial charge in [0.1, 0.15) is 11.3 Å². The van der Waals surface area contributed by atoms with Crippen LogP contribution in [0.4, 0.5) is 5.69 Å². The summed E-state index contributed by atoms with van der Waals surface area (Å²) in [4.78, 5) is 22.4. The molecule has 1 fully saturated rings. The molecule has 180 valence electrons. The summed E-state index contributed by atoms with van der Waals surface area (Å²) in [5.41, 5.74) is 9.08. The summed E-state index contributed by atoms with van der Waals surface area (Å²) < 4.78 is 27.6. The van der Waals surface area contributed by atoms with Crippen molar-refractivity contribution >= 4 is 32.7 Å². The van der Waals surface area contributed by atoms with E-state index in [0.717, 1.165) is 49.4 Å². The number of likely N-dealkylation sites (tertiary alicyclic amines) is 1. The van der Waals surface area contributed by atoms with Crippen molar-refractivity contribution in [3.8, 4) is 0 Å². The number of aromatic amines is 1. The summed E-state index contributed by atoms with van der Waals surface area (Å²) >= 11 is 0. The second kappa shape index (κ2) is 9.52. The van der Waals surface area contributed by atoms with E-state index < -0.39 is 15.9 Å². The van der Waals surface area contributed by atoms with Crippen LogP contribution < -0.4 is 10.5 Å². The molecular formula is C26H27N5O3S. The third-order valence-corrected chi connectivity index (χ3v) is 7.83. The van der Waals surface area contributed by atoms with Crippen molar-refractivity contribution in [2.24, 2.45) is 5.73 Å². The molecule has 1 aliphatic heterocycles. The topological polar surface area (TPSA) is 121 Å². The molecule has 0 bridgehead atoms. The molecular weight excluding hydrogens is 462 g/mol. The molecule has 0 radical (unpaired) electrons. The van der Waals surface area contributed by atoms with Gasteiger partial charge in [-0.25, -0.2) is 13.4 Å². The number of para-hydroxylation sites is 1. The number of aromatic nitrogens is 2. The van der Waals surface area contributed by atoms with Crippen LogP contribution in [0.15, 0.2) is 77.7 Å². The minimum atomic E-state index is -3.59. The van der Waals surface area contributed by atoms with Gasteiger partial charge in [0.05, 0.1) is 16.0 Å². The van der Waals surface area contributed by atoms with Crippen molar-refractivity contribution in [2.75, 3.05) is 24.4 Å². The van der Waals surface area contributed by atoms with Gasteiger partial charge in [0.15, 0.2) is 0 Å². The minimum Gasteiger partial charge on any atom is -0.366 e. The third-order valence-electron chi connectivity index (χ3n) is 6.43. The molecule has 1 unspecified atom stereocenters. The van der Waals surface area contributed by atoms with Gasteiger partial charge in [-0.15, -0.1) is 0 Å². The second-order valence-electron chi connectivity index (χ2n) is 8.84. The second-order valence-corrected chi connectivity index (χ2v) is 10.5. The van der Waals surface area contributed by atoms with Gasteiger partial charge < -0.3 is 15.6 Å². The number of carbonyl (C=O) groups excluding carboxylic acids is 1. The van der Waals surface area contributed by atoms with Crippen LogP contribution in [0.1, 0.15) is 34.1 Å². The van der Waals surface area contributed by atoms with Gasteiger partial charge in [0.2, 0.25) is 0 Å². The lowest BCUT2D eigenvalue weighted by molar-refractivity contribution is 0.100. The van der Waals surface area contributed by atoms with Crippen LogP contribution in [0.25, 0.3) is 11.0 Å². The molecule has 2 heterocycles. The van der Waals surface area contributed by atoms with Crippen molar-refractivity contribution < 1.29 is 13.2 Å². The summed E-state index contributed by atoms with van der Waals surface area (Å²) in [6, 6.07) is 21.3. The molecule has 35 heavy (non-hydrogen) atoms. The van der Waals surface area contributed by atoms with E-state index in [1.807, 2.05) is 24.3 Å². The first kappa shape index (κ1) is 23.1. The first-order valence-corrected chi connectivity index (χ1v) is 13.0. The van der Waals surface area contributed by atoms with E-state index in [-0.39, 0.29) is 10.8 Å². The molecule has 1 atom stereocenters. The molecule has 1 aliphatic rings. The maximum Gasteiger partial charge on any atom is 0.261 e. The monoisotopic (exact) mass is 489 g/mol. The Morgan fingerprint density at radius 2 is 1.83 bits per heavy atom. The molecule has 8 nitrogen and oxygen atoms in total. The van der Waals surface area contributed by atoms with E-state index in [1.54, 1.807) is 48.5 Å². The number of fused-ring (bicyclic) bond motifs is 1. The molecule has 5 rings (SSSR count). The number of nitrogens with two attached hydrogens (primary N) is 1. The van der Waals surface area contributed by atoms with Crippen LogP contribution in [0.3, 0.4) is 0 Å². The number of H-pyrrole nitrogens is 1. The number of primary amides is 1. The number of nitrogens with one attached hydrogen (secondary N) is 2. The van der Waals surface area contributed by atoms with Gasteiger partial charge in [-0.05, 0) is 61.3 Å². The normalized spacial score (nSPS) is 16.5. The standard InChI is InChI=1S/C26H27N5O3S/c27-25(32)22-7-4-8-23-24(22)29-26(28-23)19-14-16-31(17-19)15-13-18-9-11-20(12-10-18)30-35(33,34)21-5-2-1-3-6-21/h1-12,19,30H,13-17H2,(H2,27,32)(H,28,29). The summed E-state index contributed by atoms with van der Waals surface area (Å²) in [7, 11) is -3.59. The molecule has 3 aromatic carbocycles. The van der Waals surface area contributed by atoms with E-state index in [1.165, 1.54) is 0 Å². The van der Waals surface area contributed by atoms with Crippen LogP contribution in [-0.2, 0) is 16.4 Å². The summed E-state index contributed by atoms with van der Waals surface area (Å²) in [6.45, 7) is 2.76. The summed E-state index contributed by atoms with van der Waals surface area (Å²) in [5, 5.41) is 0. The average molecular weight is 490 g/mol. The minimum absolute atomic E-state index is 0.239. The van der Waals surface area contributed by atoms with Crippen molar-refractivity contribution in [1.29, 1.82) is 0 Å². The molecule has 1 aromatic heterocycles. The SMILES string of the molecule is NC(=O)c1cccc2[nH]c(C3CCN(CCc4ccc(NS(=O)(=O)c5ccccc5)cc4)C3)nc12. The molecule has 4 N–H and O–H groups in total.